The Morgan fingerprint density at radius 3 is 2.61 bits per heavy atom. The number of aromatic nitrogens is 2. The van der Waals surface area contributed by atoms with Crippen molar-refractivity contribution >= 4 is 29.3 Å². The minimum absolute atomic E-state index is 0.0221. The van der Waals surface area contributed by atoms with Crippen molar-refractivity contribution in [1.29, 1.82) is 0 Å². The molecule has 3 atom stereocenters. The first kappa shape index (κ1) is 27.6. The van der Waals surface area contributed by atoms with Crippen LogP contribution in [0, 0.1) is 11.7 Å². The molecule has 0 spiro atoms. The van der Waals surface area contributed by atoms with Crippen molar-refractivity contribution in [1.82, 2.24) is 14.9 Å². The van der Waals surface area contributed by atoms with E-state index in [-0.39, 0.29) is 23.8 Å². The lowest BCUT2D eigenvalue weighted by Crippen LogP contribution is -2.55. The van der Waals surface area contributed by atoms with Gasteiger partial charge in [0.05, 0.1) is 10.7 Å². The van der Waals surface area contributed by atoms with Gasteiger partial charge in [0, 0.05) is 35.9 Å². The molecule has 1 saturated carbocycles. The molecular weight excluding hydrogens is 505 g/mol. The van der Waals surface area contributed by atoms with Crippen LogP contribution < -0.4 is 10.6 Å². The van der Waals surface area contributed by atoms with E-state index in [0.29, 0.717) is 28.9 Å². The van der Waals surface area contributed by atoms with Gasteiger partial charge in [0.15, 0.2) is 0 Å². The van der Waals surface area contributed by atoms with E-state index in [2.05, 4.69) is 22.5 Å². The second kappa shape index (κ2) is 11.6. The quantitative estimate of drug-likeness (QED) is 0.292. The number of anilines is 2. The molecular formula is C29H35ClFN5O2. The Kier molecular flexibility index (Phi) is 8.41. The van der Waals surface area contributed by atoms with Gasteiger partial charge in [0.2, 0.25) is 0 Å². The number of pyridine rings is 2. The van der Waals surface area contributed by atoms with Crippen LogP contribution in [0.3, 0.4) is 0 Å². The molecule has 1 aromatic carbocycles. The van der Waals surface area contributed by atoms with Gasteiger partial charge >= 0.3 is 6.09 Å². The Balaban J connectivity index is 1.44. The average molecular weight is 540 g/mol. The lowest BCUT2D eigenvalue weighted by molar-refractivity contribution is 0.0347. The molecule has 4 rings (SSSR count). The first-order valence-corrected chi connectivity index (χ1v) is 13.3. The van der Waals surface area contributed by atoms with Gasteiger partial charge in [-0.3, -0.25) is 0 Å². The van der Waals surface area contributed by atoms with E-state index in [1.165, 1.54) is 12.1 Å². The molecule has 1 amide bonds. The maximum absolute atomic E-state index is 13.5. The number of nitrogens with zero attached hydrogens (tertiary/aromatic N) is 3. The van der Waals surface area contributed by atoms with E-state index < -0.39 is 11.6 Å². The Morgan fingerprint density at radius 1 is 1.16 bits per heavy atom. The molecule has 7 nitrogen and oxygen atoms in total. The number of amides is 1. The van der Waals surface area contributed by atoms with Gasteiger partial charge in [-0.2, -0.15) is 0 Å². The van der Waals surface area contributed by atoms with Gasteiger partial charge in [-0.25, -0.2) is 19.2 Å². The van der Waals surface area contributed by atoms with Crippen LogP contribution in [-0.2, 0) is 6.54 Å². The van der Waals surface area contributed by atoms with E-state index in [9.17, 15) is 14.3 Å². The zero-order chi connectivity index (χ0) is 27.4. The topological polar surface area (TPSA) is 90.4 Å². The number of carbonyl (C=O) groups is 1. The molecule has 0 unspecified atom stereocenters. The van der Waals surface area contributed by atoms with Gasteiger partial charge in [-0.15, -0.1) is 0 Å². The molecule has 0 aliphatic heterocycles. The van der Waals surface area contributed by atoms with Crippen LogP contribution in [0.25, 0.3) is 11.3 Å². The molecule has 1 fully saturated rings. The summed E-state index contributed by atoms with van der Waals surface area (Å²) < 4.78 is 13.5. The molecule has 3 aromatic rings. The molecule has 202 valence electrons. The maximum atomic E-state index is 13.5. The highest BCUT2D eigenvalue weighted by molar-refractivity contribution is 6.33. The SMILES string of the molecule is C[C@@H]1C[C@H](Nc2cc(-c3cccc(NCc4cccc(F)c4)n3)c(Cl)cn2)CC[C@H]1N(C(=O)O)C(C)(C)C. The van der Waals surface area contributed by atoms with Crippen LogP contribution in [0.5, 0.6) is 0 Å². The fourth-order valence-electron chi connectivity index (χ4n) is 5.27. The number of rotatable bonds is 7. The van der Waals surface area contributed by atoms with Crippen LogP contribution in [0.2, 0.25) is 5.02 Å². The fraction of sp³-hybridized carbons (Fsp3) is 0.414. The first-order chi connectivity index (χ1) is 18.0. The highest BCUT2D eigenvalue weighted by Crippen LogP contribution is 2.35. The molecule has 2 aromatic heterocycles. The molecule has 0 saturated heterocycles. The van der Waals surface area contributed by atoms with Crippen LogP contribution in [0.4, 0.5) is 20.8 Å². The van der Waals surface area contributed by atoms with Gasteiger partial charge in [0.1, 0.15) is 17.5 Å². The summed E-state index contributed by atoms with van der Waals surface area (Å²) in [5.74, 6) is 1.28. The Morgan fingerprint density at radius 2 is 1.92 bits per heavy atom. The van der Waals surface area contributed by atoms with Crippen molar-refractivity contribution in [2.45, 2.75) is 71.1 Å². The number of carboxylic acid groups (broad SMARTS) is 1. The molecule has 3 N–H and O–H groups in total. The number of halogens is 2. The summed E-state index contributed by atoms with van der Waals surface area (Å²) >= 11 is 6.51. The summed E-state index contributed by atoms with van der Waals surface area (Å²) in [7, 11) is 0. The van der Waals surface area contributed by atoms with E-state index in [1.807, 2.05) is 51.1 Å². The number of hydrogen-bond acceptors (Lipinski definition) is 5. The summed E-state index contributed by atoms with van der Waals surface area (Å²) in [6.07, 6.45) is 3.21. The second-order valence-electron chi connectivity index (χ2n) is 11.0. The highest BCUT2D eigenvalue weighted by atomic mass is 35.5. The molecule has 0 bridgehead atoms. The third kappa shape index (κ3) is 6.72. The van der Waals surface area contributed by atoms with Crippen molar-refractivity contribution in [3.05, 3.63) is 71.1 Å². The number of nitrogens with one attached hydrogen (secondary N) is 2. The maximum Gasteiger partial charge on any atom is 0.407 e. The van der Waals surface area contributed by atoms with Gasteiger partial charge in [-0.05, 0) is 81.8 Å². The summed E-state index contributed by atoms with van der Waals surface area (Å²) in [5.41, 5.74) is 1.82. The van der Waals surface area contributed by atoms with Crippen molar-refractivity contribution in [2.75, 3.05) is 10.6 Å². The molecule has 9 heteroatoms. The summed E-state index contributed by atoms with van der Waals surface area (Å²) in [6.45, 7) is 8.39. The van der Waals surface area contributed by atoms with Crippen LogP contribution >= 0.6 is 11.6 Å². The monoisotopic (exact) mass is 539 g/mol. The minimum atomic E-state index is -0.870. The molecule has 0 radical (unpaired) electrons. The van der Waals surface area contributed by atoms with Crippen LogP contribution in [-0.4, -0.2) is 43.7 Å². The van der Waals surface area contributed by atoms with Gasteiger partial charge in [-0.1, -0.05) is 36.7 Å². The van der Waals surface area contributed by atoms with Crippen molar-refractivity contribution < 1.29 is 14.3 Å². The zero-order valence-electron chi connectivity index (χ0n) is 22.2. The lowest BCUT2D eigenvalue weighted by Gasteiger charge is -2.46. The molecule has 1 aliphatic carbocycles. The predicted molar refractivity (Wildman–Crippen MR) is 150 cm³/mol. The highest BCUT2D eigenvalue weighted by Gasteiger charge is 2.39. The zero-order valence-corrected chi connectivity index (χ0v) is 23.0. The fourth-order valence-corrected chi connectivity index (χ4v) is 5.47. The summed E-state index contributed by atoms with van der Waals surface area (Å²) in [6, 6.07) is 14.1. The standard InChI is InChI=1S/C29H35ClFN5O2/c1-18-13-21(11-12-25(18)36(28(37)38)29(2,3)4)34-27-15-22(23(30)17-33-27)24-9-6-10-26(35-24)32-16-19-7-5-8-20(31)14-19/h5-10,14-15,17-18,21,25H,11-13,16H2,1-4H3,(H,32,35)(H,33,34)(H,37,38)/t18-,21-,25-/m1/s1. The van der Waals surface area contributed by atoms with Crippen molar-refractivity contribution in [2.24, 2.45) is 5.92 Å². The van der Waals surface area contributed by atoms with Crippen molar-refractivity contribution in [3.8, 4) is 11.3 Å². The first-order valence-electron chi connectivity index (χ1n) is 12.9. The van der Waals surface area contributed by atoms with E-state index >= 15 is 0 Å². The van der Waals surface area contributed by atoms with E-state index in [1.54, 1.807) is 17.2 Å². The summed E-state index contributed by atoms with van der Waals surface area (Å²) in [5, 5.41) is 17.1. The molecule has 38 heavy (non-hydrogen) atoms. The third-order valence-electron chi connectivity index (χ3n) is 6.98. The van der Waals surface area contributed by atoms with Crippen LogP contribution in [0.15, 0.2) is 54.7 Å². The Bertz CT molecular complexity index is 1280. The smallest absolute Gasteiger partial charge is 0.407 e. The van der Waals surface area contributed by atoms with Crippen LogP contribution in [0.1, 0.15) is 52.5 Å². The number of hydrogen-bond donors (Lipinski definition) is 3. The minimum Gasteiger partial charge on any atom is -0.465 e. The van der Waals surface area contributed by atoms with E-state index in [4.69, 9.17) is 16.6 Å². The Hall–Kier alpha value is -3.39. The average Bonchev–Trinajstić information content (AvgIpc) is 2.85. The van der Waals surface area contributed by atoms with Gasteiger partial charge < -0.3 is 20.6 Å². The molecule has 2 heterocycles. The predicted octanol–water partition coefficient (Wildman–Crippen LogP) is 7.30. The Labute approximate surface area is 228 Å². The molecule has 1 aliphatic rings. The third-order valence-corrected chi connectivity index (χ3v) is 7.28. The largest absolute Gasteiger partial charge is 0.465 e. The van der Waals surface area contributed by atoms with Gasteiger partial charge in [0.25, 0.3) is 0 Å². The van der Waals surface area contributed by atoms with Crippen molar-refractivity contribution in [3.63, 3.8) is 0 Å². The normalized spacial score (nSPS) is 19.6. The summed E-state index contributed by atoms with van der Waals surface area (Å²) in [4.78, 5) is 22.8. The second-order valence-corrected chi connectivity index (χ2v) is 11.4. The number of benzene rings is 1. The van der Waals surface area contributed by atoms with E-state index in [0.717, 1.165) is 30.4 Å². The lowest BCUT2D eigenvalue weighted by atomic mass is 9.80.